The van der Waals surface area contributed by atoms with E-state index in [2.05, 4.69) is 39.5 Å². The molecule has 0 saturated heterocycles. The summed E-state index contributed by atoms with van der Waals surface area (Å²) >= 11 is 3.46. The van der Waals surface area contributed by atoms with Crippen LogP contribution in [0.5, 0.6) is 0 Å². The number of nitriles is 1. The van der Waals surface area contributed by atoms with Crippen molar-refractivity contribution < 1.29 is 0 Å². The van der Waals surface area contributed by atoms with Gasteiger partial charge in [-0.2, -0.15) is 5.26 Å². The Morgan fingerprint density at radius 2 is 2.07 bits per heavy atom. The average Bonchev–Trinajstić information content (AvgIpc) is 2.74. The van der Waals surface area contributed by atoms with Gasteiger partial charge in [0.1, 0.15) is 0 Å². The molecular formula is C12H11BrN2. The van der Waals surface area contributed by atoms with E-state index in [0.717, 1.165) is 23.0 Å². The van der Waals surface area contributed by atoms with Crippen molar-refractivity contribution in [2.24, 2.45) is 0 Å². The third-order valence-corrected chi connectivity index (χ3v) is 3.12. The lowest BCUT2D eigenvalue weighted by molar-refractivity contribution is 0.786. The summed E-state index contributed by atoms with van der Waals surface area (Å²) in [5.41, 5.74) is 1.74. The Morgan fingerprint density at radius 1 is 1.33 bits per heavy atom. The summed E-state index contributed by atoms with van der Waals surface area (Å²) < 4.78 is 0.952. The monoisotopic (exact) mass is 262 g/mol. The minimum Gasteiger partial charge on any atom is -0.381 e. The van der Waals surface area contributed by atoms with Crippen LogP contribution in [-0.2, 0) is 0 Å². The van der Waals surface area contributed by atoms with Gasteiger partial charge in [-0.05, 0) is 47.0 Å². The molecule has 0 fully saturated rings. The van der Waals surface area contributed by atoms with Gasteiger partial charge in [-0.1, -0.05) is 12.2 Å². The topological polar surface area (TPSA) is 35.8 Å². The minimum absolute atomic E-state index is 0.495. The molecule has 1 aliphatic carbocycles. The molecule has 0 spiro atoms. The summed E-state index contributed by atoms with van der Waals surface area (Å²) in [6, 6.07) is 8.23. The van der Waals surface area contributed by atoms with Gasteiger partial charge in [0.2, 0.25) is 0 Å². The van der Waals surface area contributed by atoms with Crippen molar-refractivity contribution in [2.45, 2.75) is 18.9 Å². The van der Waals surface area contributed by atoms with Crippen LogP contribution in [0.2, 0.25) is 0 Å². The maximum absolute atomic E-state index is 8.74. The zero-order valence-electron chi connectivity index (χ0n) is 8.20. The molecule has 15 heavy (non-hydrogen) atoms. The highest BCUT2D eigenvalue weighted by atomic mass is 79.9. The van der Waals surface area contributed by atoms with Crippen LogP contribution in [0.3, 0.4) is 0 Å². The van der Waals surface area contributed by atoms with Crippen molar-refractivity contribution in [3.8, 4) is 6.07 Å². The lowest BCUT2D eigenvalue weighted by atomic mass is 10.2. The normalized spacial score (nSPS) is 15.2. The first-order valence-corrected chi connectivity index (χ1v) is 5.70. The maximum atomic E-state index is 8.74. The third-order valence-electron chi connectivity index (χ3n) is 2.47. The number of anilines is 1. The maximum Gasteiger partial charge on any atom is 0.0992 e. The lowest BCUT2D eigenvalue weighted by Gasteiger charge is -2.14. The van der Waals surface area contributed by atoms with Gasteiger partial charge in [-0.15, -0.1) is 0 Å². The number of hydrogen-bond donors (Lipinski definition) is 1. The summed E-state index contributed by atoms with van der Waals surface area (Å²) in [7, 11) is 0. The highest BCUT2D eigenvalue weighted by Crippen LogP contribution is 2.26. The van der Waals surface area contributed by atoms with E-state index < -0.39 is 0 Å². The predicted molar refractivity (Wildman–Crippen MR) is 64.6 cm³/mol. The van der Waals surface area contributed by atoms with Crippen LogP contribution < -0.4 is 5.32 Å². The van der Waals surface area contributed by atoms with E-state index in [1.165, 1.54) is 0 Å². The molecule has 3 heteroatoms. The van der Waals surface area contributed by atoms with Gasteiger partial charge in [-0.3, -0.25) is 0 Å². The molecule has 1 aliphatic rings. The number of halogens is 1. The van der Waals surface area contributed by atoms with Crippen molar-refractivity contribution in [1.82, 2.24) is 0 Å². The second-order valence-corrected chi connectivity index (χ2v) is 4.44. The first kappa shape index (κ1) is 10.3. The first-order valence-electron chi connectivity index (χ1n) is 4.91. The fourth-order valence-electron chi connectivity index (χ4n) is 1.66. The van der Waals surface area contributed by atoms with E-state index in [9.17, 15) is 0 Å². The molecule has 0 bridgehead atoms. The summed E-state index contributed by atoms with van der Waals surface area (Å²) in [5.74, 6) is 0. The van der Waals surface area contributed by atoms with Gasteiger partial charge in [0.25, 0.3) is 0 Å². The first-order chi connectivity index (χ1) is 7.29. The number of benzene rings is 1. The smallest absolute Gasteiger partial charge is 0.0992 e. The van der Waals surface area contributed by atoms with E-state index in [4.69, 9.17) is 5.26 Å². The second-order valence-electron chi connectivity index (χ2n) is 3.59. The van der Waals surface area contributed by atoms with Gasteiger partial charge in [0.05, 0.1) is 11.6 Å². The van der Waals surface area contributed by atoms with E-state index >= 15 is 0 Å². The van der Waals surface area contributed by atoms with E-state index in [1.54, 1.807) is 0 Å². The van der Waals surface area contributed by atoms with Crippen LogP contribution in [-0.4, -0.2) is 6.04 Å². The zero-order chi connectivity index (χ0) is 10.7. The van der Waals surface area contributed by atoms with E-state index in [1.807, 2.05) is 18.2 Å². The lowest BCUT2D eigenvalue weighted by Crippen LogP contribution is -2.15. The van der Waals surface area contributed by atoms with Gasteiger partial charge < -0.3 is 5.32 Å². The number of rotatable bonds is 2. The van der Waals surface area contributed by atoms with Gasteiger partial charge in [0.15, 0.2) is 0 Å². The molecule has 0 aliphatic heterocycles. The fourth-order valence-corrected chi connectivity index (χ4v) is 2.15. The SMILES string of the molecule is N#Cc1ccc(NC2CC=CC2)c(Br)c1. The van der Waals surface area contributed by atoms with Crippen LogP contribution in [0.4, 0.5) is 5.69 Å². The summed E-state index contributed by atoms with van der Waals surface area (Å²) in [4.78, 5) is 0. The molecule has 0 radical (unpaired) electrons. The minimum atomic E-state index is 0.495. The molecule has 2 nitrogen and oxygen atoms in total. The van der Waals surface area contributed by atoms with Crippen molar-refractivity contribution in [1.29, 1.82) is 5.26 Å². The summed E-state index contributed by atoms with van der Waals surface area (Å²) in [6.07, 6.45) is 6.53. The Bertz CT molecular complexity index is 424. The third kappa shape index (κ3) is 2.40. The molecule has 2 rings (SSSR count). The second kappa shape index (κ2) is 4.50. The van der Waals surface area contributed by atoms with Gasteiger partial charge in [0, 0.05) is 16.2 Å². The standard InChI is InChI=1S/C12H11BrN2/c13-11-7-9(8-14)5-6-12(11)15-10-3-1-2-4-10/h1-2,5-7,10,15H,3-4H2. The predicted octanol–water partition coefficient (Wildman–Crippen LogP) is 3.45. The number of nitrogens with one attached hydrogen (secondary N) is 1. The van der Waals surface area contributed by atoms with Gasteiger partial charge >= 0.3 is 0 Å². The summed E-state index contributed by atoms with van der Waals surface area (Å²) in [6.45, 7) is 0. The Morgan fingerprint density at radius 3 is 2.67 bits per heavy atom. The number of nitrogens with zero attached hydrogens (tertiary/aromatic N) is 1. The molecule has 0 heterocycles. The molecule has 1 N–H and O–H groups in total. The highest BCUT2D eigenvalue weighted by molar-refractivity contribution is 9.10. The van der Waals surface area contributed by atoms with Crippen molar-refractivity contribution in [3.05, 3.63) is 40.4 Å². The average molecular weight is 263 g/mol. The van der Waals surface area contributed by atoms with Crippen LogP contribution in [0, 0.1) is 11.3 Å². The molecule has 0 unspecified atom stereocenters. The van der Waals surface area contributed by atoms with Crippen LogP contribution in [0.25, 0.3) is 0 Å². The molecule has 0 amide bonds. The Kier molecular flexibility index (Phi) is 3.08. The van der Waals surface area contributed by atoms with E-state index in [0.29, 0.717) is 11.6 Å². The Hall–Kier alpha value is -1.27. The quantitative estimate of drug-likeness (QED) is 0.829. The van der Waals surface area contributed by atoms with Crippen molar-refractivity contribution >= 4 is 21.6 Å². The Labute approximate surface area is 97.7 Å². The fraction of sp³-hybridized carbons (Fsp3) is 0.250. The van der Waals surface area contributed by atoms with Crippen molar-refractivity contribution in [3.63, 3.8) is 0 Å². The van der Waals surface area contributed by atoms with Crippen LogP contribution in [0.1, 0.15) is 18.4 Å². The zero-order valence-corrected chi connectivity index (χ0v) is 9.79. The molecule has 0 saturated carbocycles. The van der Waals surface area contributed by atoms with Crippen LogP contribution in [0.15, 0.2) is 34.8 Å². The highest BCUT2D eigenvalue weighted by Gasteiger charge is 2.11. The molecule has 0 atom stereocenters. The van der Waals surface area contributed by atoms with E-state index in [-0.39, 0.29) is 0 Å². The van der Waals surface area contributed by atoms with Crippen LogP contribution >= 0.6 is 15.9 Å². The largest absolute Gasteiger partial charge is 0.381 e. The van der Waals surface area contributed by atoms with Gasteiger partial charge in [-0.25, -0.2) is 0 Å². The number of hydrogen-bond acceptors (Lipinski definition) is 2. The molecular weight excluding hydrogens is 252 g/mol. The molecule has 0 aromatic heterocycles. The summed E-state index contributed by atoms with van der Waals surface area (Å²) in [5, 5.41) is 12.2. The Balaban J connectivity index is 2.12. The molecule has 1 aromatic carbocycles. The molecule has 76 valence electrons. The van der Waals surface area contributed by atoms with Crippen molar-refractivity contribution in [2.75, 3.05) is 5.32 Å². The molecule has 1 aromatic rings.